The Hall–Kier alpha value is -1.12. The lowest BCUT2D eigenvalue weighted by Gasteiger charge is -2.38. The molecule has 0 aliphatic heterocycles. The number of aryl methyl sites for hydroxylation is 1. The number of rotatable bonds is 3. The van der Waals surface area contributed by atoms with Crippen molar-refractivity contribution in [1.82, 2.24) is 9.78 Å². The quantitative estimate of drug-likeness (QED) is 0.837. The van der Waals surface area contributed by atoms with Gasteiger partial charge in [-0.15, -0.1) is 0 Å². The number of Topliss-reactive ketones (excluding diaryl/α,β-unsaturated/α-hetero) is 1. The predicted molar refractivity (Wildman–Crippen MR) is 74.7 cm³/mol. The van der Waals surface area contributed by atoms with Crippen LogP contribution in [0.25, 0.3) is 0 Å². The van der Waals surface area contributed by atoms with Gasteiger partial charge in [0.1, 0.15) is 5.78 Å². The summed E-state index contributed by atoms with van der Waals surface area (Å²) in [6.07, 6.45) is 13.5. The van der Waals surface area contributed by atoms with Crippen molar-refractivity contribution < 1.29 is 4.79 Å². The Labute approximate surface area is 115 Å². The summed E-state index contributed by atoms with van der Waals surface area (Å²) in [5, 5.41) is 4.14. The lowest BCUT2D eigenvalue weighted by molar-refractivity contribution is -0.124. The number of hydrogen-bond acceptors (Lipinski definition) is 2. The first-order chi connectivity index (χ1) is 9.22. The van der Waals surface area contributed by atoms with Crippen LogP contribution in [0.1, 0.15) is 50.5 Å². The molecule has 2 saturated carbocycles. The Kier molecular flexibility index (Phi) is 3.72. The molecule has 2 aliphatic carbocycles. The van der Waals surface area contributed by atoms with E-state index in [2.05, 4.69) is 5.10 Å². The minimum absolute atomic E-state index is 0.319. The molecule has 104 valence electrons. The molecule has 3 unspecified atom stereocenters. The van der Waals surface area contributed by atoms with E-state index in [1.807, 2.05) is 19.4 Å². The fraction of sp³-hybridized carbons (Fsp3) is 0.750. The van der Waals surface area contributed by atoms with E-state index in [0.29, 0.717) is 18.1 Å². The molecule has 2 aliphatic rings. The minimum atomic E-state index is 0.319. The molecular formula is C16H24N2O. The third-order valence-corrected chi connectivity index (χ3v) is 5.13. The fourth-order valence-corrected chi connectivity index (χ4v) is 4.07. The maximum Gasteiger partial charge on any atom is 0.140 e. The first kappa shape index (κ1) is 12.9. The third kappa shape index (κ3) is 2.90. The van der Waals surface area contributed by atoms with Gasteiger partial charge in [-0.3, -0.25) is 9.48 Å². The molecule has 3 nitrogen and oxygen atoms in total. The number of hydrogen-bond donors (Lipinski definition) is 0. The molecule has 0 N–H and O–H groups in total. The number of ketones is 1. The van der Waals surface area contributed by atoms with E-state index < -0.39 is 0 Å². The summed E-state index contributed by atoms with van der Waals surface area (Å²) in [6.45, 7) is 0. The summed E-state index contributed by atoms with van der Waals surface area (Å²) in [5.41, 5.74) is 1.07. The molecule has 3 atom stereocenters. The number of carbonyl (C=O) groups excluding carboxylic acids is 1. The van der Waals surface area contributed by atoms with Crippen LogP contribution in [0.15, 0.2) is 12.4 Å². The van der Waals surface area contributed by atoms with Crippen LogP contribution in [0.3, 0.4) is 0 Å². The average molecular weight is 260 g/mol. The molecule has 0 aromatic carbocycles. The Morgan fingerprint density at radius 3 is 2.79 bits per heavy atom. The van der Waals surface area contributed by atoms with E-state index in [1.165, 1.54) is 32.1 Å². The van der Waals surface area contributed by atoms with Gasteiger partial charge in [-0.25, -0.2) is 0 Å². The number of nitrogens with zero attached hydrogens (tertiary/aromatic N) is 2. The van der Waals surface area contributed by atoms with Gasteiger partial charge in [0.25, 0.3) is 0 Å². The summed E-state index contributed by atoms with van der Waals surface area (Å²) in [5.74, 6) is 2.53. The second-order valence-corrected chi connectivity index (χ2v) is 6.48. The highest BCUT2D eigenvalue weighted by atomic mass is 16.1. The summed E-state index contributed by atoms with van der Waals surface area (Å²) >= 11 is 0. The Balaban J connectivity index is 1.58. The van der Waals surface area contributed by atoms with Crippen molar-refractivity contribution in [2.24, 2.45) is 24.8 Å². The second-order valence-electron chi connectivity index (χ2n) is 6.48. The minimum Gasteiger partial charge on any atom is -0.299 e. The van der Waals surface area contributed by atoms with Crippen LogP contribution in [-0.4, -0.2) is 15.6 Å². The highest BCUT2D eigenvalue weighted by molar-refractivity contribution is 5.83. The fourth-order valence-electron chi connectivity index (χ4n) is 4.07. The summed E-state index contributed by atoms with van der Waals surface area (Å²) in [4.78, 5) is 12.4. The molecule has 1 aromatic heterocycles. The van der Waals surface area contributed by atoms with Crippen molar-refractivity contribution in [2.75, 3.05) is 0 Å². The van der Waals surface area contributed by atoms with Crippen LogP contribution in [0.5, 0.6) is 0 Å². The van der Waals surface area contributed by atoms with E-state index in [0.717, 1.165) is 30.2 Å². The lowest BCUT2D eigenvalue weighted by Crippen LogP contribution is -2.31. The van der Waals surface area contributed by atoms with Crippen LogP contribution in [0.2, 0.25) is 0 Å². The first-order valence-electron chi connectivity index (χ1n) is 7.72. The van der Waals surface area contributed by atoms with Crippen LogP contribution >= 0.6 is 0 Å². The zero-order valence-electron chi connectivity index (χ0n) is 11.8. The van der Waals surface area contributed by atoms with Crippen molar-refractivity contribution in [1.29, 1.82) is 0 Å². The molecule has 0 amide bonds. The topological polar surface area (TPSA) is 34.9 Å². The molecular weight excluding hydrogens is 236 g/mol. The van der Waals surface area contributed by atoms with Crippen molar-refractivity contribution in [2.45, 2.75) is 51.4 Å². The molecule has 0 saturated heterocycles. The van der Waals surface area contributed by atoms with E-state index >= 15 is 0 Å². The molecule has 3 rings (SSSR count). The Morgan fingerprint density at radius 2 is 2.05 bits per heavy atom. The maximum atomic E-state index is 12.4. The van der Waals surface area contributed by atoms with E-state index in [-0.39, 0.29) is 0 Å². The summed E-state index contributed by atoms with van der Waals surface area (Å²) in [7, 11) is 1.90. The highest BCUT2D eigenvalue weighted by Gasteiger charge is 2.34. The normalized spacial score (nSPS) is 30.9. The zero-order chi connectivity index (χ0) is 13.2. The lowest BCUT2D eigenvalue weighted by atomic mass is 9.66. The molecule has 0 spiro atoms. The molecule has 2 fully saturated rings. The van der Waals surface area contributed by atoms with Crippen molar-refractivity contribution in [3.63, 3.8) is 0 Å². The summed E-state index contributed by atoms with van der Waals surface area (Å²) in [6, 6.07) is 0. The second kappa shape index (κ2) is 5.48. The largest absolute Gasteiger partial charge is 0.299 e. The Morgan fingerprint density at radius 1 is 1.26 bits per heavy atom. The van der Waals surface area contributed by atoms with Gasteiger partial charge < -0.3 is 0 Å². The molecule has 0 radical (unpaired) electrons. The molecule has 1 heterocycles. The molecule has 1 aromatic rings. The summed E-state index contributed by atoms with van der Waals surface area (Å²) < 4.78 is 1.78. The van der Waals surface area contributed by atoms with Crippen molar-refractivity contribution in [3.05, 3.63) is 18.0 Å². The van der Waals surface area contributed by atoms with Gasteiger partial charge >= 0.3 is 0 Å². The predicted octanol–water partition coefficient (Wildman–Crippen LogP) is 3.14. The molecule has 3 heteroatoms. The first-order valence-corrected chi connectivity index (χ1v) is 7.72. The maximum absolute atomic E-state index is 12.4. The van der Waals surface area contributed by atoms with Gasteiger partial charge in [0.05, 0.1) is 6.20 Å². The van der Waals surface area contributed by atoms with Crippen molar-refractivity contribution >= 4 is 5.78 Å². The van der Waals surface area contributed by atoms with Gasteiger partial charge in [0.2, 0.25) is 0 Å². The van der Waals surface area contributed by atoms with Gasteiger partial charge in [-0.1, -0.05) is 25.7 Å². The van der Waals surface area contributed by atoms with E-state index in [4.69, 9.17) is 0 Å². The van der Waals surface area contributed by atoms with E-state index in [9.17, 15) is 4.79 Å². The highest BCUT2D eigenvalue weighted by Crippen LogP contribution is 2.43. The standard InChI is InChI=1S/C16H24N2O/c1-18-11-12(10-17-18)8-16(19)15-7-6-13-4-2-3-5-14(13)9-15/h10-11,13-15H,2-9H2,1H3. The smallest absolute Gasteiger partial charge is 0.140 e. The van der Waals surface area contributed by atoms with Crippen molar-refractivity contribution in [3.8, 4) is 0 Å². The van der Waals surface area contributed by atoms with Gasteiger partial charge in [-0.05, 0) is 36.7 Å². The third-order valence-electron chi connectivity index (χ3n) is 5.13. The molecule has 0 bridgehead atoms. The number of aromatic nitrogens is 2. The Bertz CT molecular complexity index is 451. The van der Waals surface area contributed by atoms with Crippen LogP contribution in [0.4, 0.5) is 0 Å². The van der Waals surface area contributed by atoms with E-state index in [1.54, 1.807) is 4.68 Å². The van der Waals surface area contributed by atoms with Crippen LogP contribution in [-0.2, 0) is 18.3 Å². The van der Waals surface area contributed by atoms with Gasteiger partial charge in [-0.2, -0.15) is 5.10 Å². The van der Waals surface area contributed by atoms with Crippen LogP contribution < -0.4 is 0 Å². The molecule has 19 heavy (non-hydrogen) atoms. The zero-order valence-corrected chi connectivity index (χ0v) is 11.8. The SMILES string of the molecule is Cn1cc(CC(=O)C2CCC3CCCCC3C2)cn1. The number of fused-ring (bicyclic) bond motifs is 1. The monoisotopic (exact) mass is 260 g/mol. The van der Waals surface area contributed by atoms with Gasteiger partial charge in [0, 0.05) is 25.6 Å². The number of carbonyl (C=O) groups is 1. The average Bonchev–Trinajstić information content (AvgIpc) is 2.83. The van der Waals surface area contributed by atoms with Gasteiger partial charge in [0.15, 0.2) is 0 Å². The van der Waals surface area contributed by atoms with Crippen LogP contribution in [0, 0.1) is 17.8 Å².